The van der Waals surface area contributed by atoms with Gasteiger partial charge in [-0.2, -0.15) is 11.8 Å². The first kappa shape index (κ1) is 34.8. The average Bonchev–Trinajstić information content (AvgIpc) is 3.03. The molecule has 0 unspecified atom stereocenters. The van der Waals surface area contributed by atoms with Gasteiger partial charge in [0, 0.05) is 18.7 Å². The van der Waals surface area contributed by atoms with E-state index in [1.54, 1.807) is 25.6 Å². The third-order valence-electron chi connectivity index (χ3n) is 3.04. The van der Waals surface area contributed by atoms with E-state index < -0.39 is 48.2 Å². The lowest BCUT2D eigenvalue weighted by Gasteiger charge is -2.02. The van der Waals surface area contributed by atoms with E-state index in [1.807, 2.05) is 11.6 Å². The lowest BCUT2D eigenvalue weighted by molar-refractivity contribution is -0.144. The van der Waals surface area contributed by atoms with E-state index in [9.17, 15) is 28.8 Å². The Balaban J connectivity index is -0.000000381. The summed E-state index contributed by atoms with van der Waals surface area (Å²) in [5, 5.41) is 26.3. The summed E-state index contributed by atoms with van der Waals surface area (Å²) in [7, 11) is 0. The molecule has 0 fully saturated rings. The van der Waals surface area contributed by atoms with Gasteiger partial charge in [0.15, 0.2) is 5.78 Å². The van der Waals surface area contributed by atoms with Gasteiger partial charge in [-0.15, -0.1) is 0 Å². The maximum atomic E-state index is 10.9. The number of rotatable bonds is 9. The maximum Gasteiger partial charge on any atom is 0.321 e. The fourth-order valence-electron chi connectivity index (χ4n) is 1.45. The lowest BCUT2D eigenvalue weighted by atomic mass is 10.1. The second kappa shape index (κ2) is 19.8. The van der Waals surface area contributed by atoms with E-state index in [2.05, 4.69) is 0 Å². The van der Waals surface area contributed by atoms with Crippen molar-refractivity contribution in [2.24, 2.45) is 22.9 Å². The largest absolute Gasteiger partial charge is 0.481 e. The van der Waals surface area contributed by atoms with Crippen molar-refractivity contribution in [1.82, 2.24) is 5.32 Å². The zero-order valence-electron chi connectivity index (χ0n) is 18.6. The number of carbonyl (C=O) groups is 6. The number of aliphatic carboxylic acids is 3. The van der Waals surface area contributed by atoms with Crippen LogP contribution in [-0.2, 0) is 28.8 Å². The number of carboxylic acid groups (broad SMARTS) is 3. The Hall–Kier alpha value is -2.85. The molecule has 0 aromatic heterocycles. The van der Waals surface area contributed by atoms with Gasteiger partial charge in [0.05, 0.1) is 12.0 Å². The minimum absolute atomic E-state index is 0.0301. The minimum atomic E-state index is -1.29. The molecule has 0 saturated carbocycles. The Morgan fingerprint density at radius 3 is 1.70 bits per heavy atom. The van der Waals surface area contributed by atoms with Gasteiger partial charge in [-0.25, -0.2) is 0 Å². The van der Waals surface area contributed by atoms with Crippen molar-refractivity contribution in [1.29, 1.82) is 0 Å². The molecule has 1 aliphatic rings. The lowest BCUT2D eigenvalue weighted by Crippen LogP contribution is -2.32. The van der Waals surface area contributed by atoms with Crippen LogP contribution >= 0.6 is 11.8 Å². The van der Waals surface area contributed by atoms with Crippen LogP contribution in [0.25, 0.3) is 0 Å². The van der Waals surface area contributed by atoms with E-state index >= 15 is 0 Å². The molecule has 2 atom stereocenters. The zero-order valence-corrected chi connectivity index (χ0v) is 19.5. The van der Waals surface area contributed by atoms with Crippen LogP contribution in [0.5, 0.6) is 0 Å². The maximum absolute atomic E-state index is 10.9. The highest BCUT2D eigenvalue weighted by atomic mass is 32.2. The van der Waals surface area contributed by atoms with Crippen LogP contribution in [0.15, 0.2) is 11.6 Å². The zero-order chi connectivity index (χ0) is 26.7. The van der Waals surface area contributed by atoms with Gasteiger partial charge >= 0.3 is 17.9 Å². The van der Waals surface area contributed by atoms with Crippen molar-refractivity contribution < 1.29 is 44.1 Å². The molecule has 190 valence electrons. The van der Waals surface area contributed by atoms with Gasteiger partial charge in [0.25, 0.3) is 11.8 Å². The number of carboxylic acids is 3. The third-order valence-corrected chi connectivity index (χ3v) is 3.68. The van der Waals surface area contributed by atoms with Crippen molar-refractivity contribution >= 4 is 47.3 Å². The number of nitrogens with one attached hydrogen (secondary N) is 1. The normalized spacial score (nSPS) is 13.5. The summed E-state index contributed by atoms with van der Waals surface area (Å²) in [5.41, 5.74) is 19.8. The molecule has 1 aliphatic heterocycles. The molecule has 0 aromatic rings. The molecule has 12 N–H and O–H groups in total. The average molecular weight is 496 g/mol. The first-order valence-corrected chi connectivity index (χ1v) is 10.8. The van der Waals surface area contributed by atoms with Crippen LogP contribution < -0.4 is 28.3 Å². The Labute approximate surface area is 195 Å². The van der Waals surface area contributed by atoms with E-state index in [1.165, 1.54) is 0 Å². The van der Waals surface area contributed by atoms with Crippen molar-refractivity contribution in [2.75, 3.05) is 12.0 Å². The smallest absolute Gasteiger partial charge is 0.321 e. The molecule has 0 saturated heterocycles. The van der Waals surface area contributed by atoms with Crippen LogP contribution in [0.4, 0.5) is 0 Å². The number of Topliss-reactive ketones (excluding diaryl/α,β-unsaturated/α-hetero) is 1. The summed E-state index contributed by atoms with van der Waals surface area (Å²) < 4.78 is 0. The van der Waals surface area contributed by atoms with Crippen LogP contribution in [0.3, 0.4) is 0 Å². The Morgan fingerprint density at radius 1 is 1.00 bits per heavy atom. The number of ketones is 1. The van der Waals surface area contributed by atoms with Gasteiger partial charge in [-0.1, -0.05) is 6.92 Å². The van der Waals surface area contributed by atoms with Gasteiger partial charge in [0.2, 0.25) is 0 Å². The summed E-state index contributed by atoms with van der Waals surface area (Å²) >= 11 is 1.60. The topological polar surface area (TPSA) is 279 Å². The first-order chi connectivity index (χ1) is 15.1. The Kier molecular flexibility index (Phi) is 20.9. The first-order valence-electron chi connectivity index (χ1n) is 9.39. The molecule has 0 radical (unpaired) electrons. The highest BCUT2D eigenvalue weighted by Crippen LogP contribution is 2.05. The standard InChI is InChI=1S/C7H7NO3.C5H11NO2S.C4H7NO4.C2H8N2/c1-2-5(9)4-3-6(10)8-7(4)11;1-9-3-2-4(6)5(7)8;5-2(4(8)9)1-3(6)7;1-2(3)4/h3H,2H2,1H3,(H,8,10,11);4H,2-3,6H2,1H3,(H,7,8);2H,1,5H2,(H,6,7)(H,8,9);2H,3-4H2,1H3/t;4-;2-;/m.01./s1. The van der Waals surface area contributed by atoms with Crippen molar-refractivity contribution in [2.45, 2.75) is 51.4 Å². The van der Waals surface area contributed by atoms with Crippen molar-refractivity contribution in [3.05, 3.63) is 11.6 Å². The highest BCUT2D eigenvalue weighted by molar-refractivity contribution is 7.98. The molecule has 0 aromatic carbocycles. The molecule has 2 amide bonds. The number of amides is 2. The second-order valence-corrected chi connectivity index (χ2v) is 7.27. The third kappa shape index (κ3) is 22.1. The fraction of sp³-hybridized carbons (Fsp3) is 0.556. The summed E-state index contributed by atoms with van der Waals surface area (Å²) in [6.07, 6.45) is 3.06. The molecular weight excluding hydrogens is 462 g/mol. The van der Waals surface area contributed by atoms with Gasteiger partial charge in [-0.3, -0.25) is 34.1 Å². The predicted octanol–water partition coefficient (Wildman–Crippen LogP) is -2.18. The van der Waals surface area contributed by atoms with E-state index in [0.717, 1.165) is 11.8 Å². The van der Waals surface area contributed by atoms with Gasteiger partial charge < -0.3 is 38.3 Å². The number of thioether (sulfide) groups is 1. The molecule has 1 rings (SSSR count). The molecule has 0 bridgehead atoms. The highest BCUT2D eigenvalue weighted by Gasteiger charge is 2.25. The molecular formula is C18H33N5O9S. The summed E-state index contributed by atoms with van der Waals surface area (Å²) in [4.78, 5) is 61.9. The SMILES string of the molecule is CC(N)N.CCC(=O)C1=CC(=O)NC1=O.CSCC[C@H](N)C(=O)O.N[C@H](CC(=O)O)C(=O)O. The molecule has 0 spiro atoms. The van der Waals surface area contributed by atoms with Crippen molar-refractivity contribution in [3.8, 4) is 0 Å². The quantitative estimate of drug-likeness (QED) is 0.0959. The van der Waals surface area contributed by atoms with E-state index in [-0.39, 0.29) is 23.9 Å². The number of carbonyl (C=O) groups excluding carboxylic acids is 3. The van der Waals surface area contributed by atoms with E-state index in [4.69, 9.17) is 38.3 Å². The van der Waals surface area contributed by atoms with Crippen LogP contribution in [0, 0.1) is 0 Å². The number of imide groups is 1. The van der Waals surface area contributed by atoms with Crippen LogP contribution in [-0.4, -0.2) is 81.1 Å². The Bertz CT molecular complexity index is 711. The number of hydrogen-bond donors (Lipinski definition) is 8. The Morgan fingerprint density at radius 2 is 1.45 bits per heavy atom. The van der Waals surface area contributed by atoms with Gasteiger partial charge in [-0.05, 0) is 25.4 Å². The van der Waals surface area contributed by atoms with E-state index in [0.29, 0.717) is 6.42 Å². The molecule has 15 heteroatoms. The van der Waals surface area contributed by atoms with Gasteiger partial charge in [0.1, 0.15) is 12.1 Å². The molecule has 0 aliphatic carbocycles. The van der Waals surface area contributed by atoms with Crippen LogP contribution in [0.2, 0.25) is 0 Å². The molecule has 1 heterocycles. The molecule has 33 heavy (non-hydrogen) atoms. The second-order valence-electron chi connectivity index (χ2n) is 6.28. The molecule has 14 nitrogen and oxygen atoms in total. The fourth-order valence-corrected chi connectivity index (χ4v) is 1.94. The van der Waals surface area contributed by atoms with Crippen molar-refractivity contribution in [3.63, 3.8) is 0 Å². The summed E-state index contributed by atoms with van der Waals surface area (Å²) in [5.74, 6) is -3.98. The monoisotopic (exact) mass is 495 g/mol. The number of hydrogen-bond acceptors (Lipinski definition) is 11. The summed E-state index contributed by atoms with van der Waals surface area (Å²) in [6, 6.07) is -1.97. The predicted molar refractivity (Wildman–Crippen MR) is 121 cm³/mol. The minimum Gasteiger partial charge on any atom is -0.481 e. The van der Waals surface area contributed by atoms with Crippen LogP contribution in [0.1, 0.15) is 33.1 Å². The summed E-state index contributed by atoms with van der Waals surface area (Å²) in [6.45, 7) is 3.36. The number of nitrogens with two attached hydrogens (primary N) is 4.